The third-order valence-electron chi connectivity index (χ3n) is 3.06. The second kappa shape index (κ2) is 3.64. The highest BCUT2D eigenvalue weighted by Gasteiger charge is 2.32. The number of carbonyl (C=O) groups excluding carboxylic acids is 1. The van der Waals surface area contributed by atoms with Crippen molar-refractivity contribution < 1.29 is 9.63 Å². The molecule has 0 saturated carbocycles. The summed E-state index contributed by atoms with van der Waals surface area (Å²) in [5, 5.41) is 7.54. The predicted molar refractivity (Wildman–Crippen MR) is 60.9 cm³/mol. The average Bonchev–Trinajstić information content (AvgIpc) is 2.83. The number of thiophene rings is 1. The Morgan fingerprint density at radius 1 is 1.62 bits per heavy atom. The first-order valence-corrected chi connectivity index (χ1v) is 6.19. The Balaban J connectivity index is 1.69. The maximum atomic E-state index is 11.1. The van der Waals surface area contributed by atoms with Gasteiger partial charge in [0.2, 0.25) is 5.91 Å². The molecule has 1 amide bonds. The summed E-state index contributed by atoms with van der Waals surface area (Å²) in [6.07, 6.45) is 1.42. The molecule has 0 aliphatic carbocycles. The molecule has 3 heterocycles. The number of nitrogens with zero attached hydrogens (tertiary/aromatic N) is 1. The van der Waals surface area contributed by atoms with Crippen LogP contribution in [0.5, 0.6) is 5.75 Å². The molecule has 2 aliphatic heterocycles. The van der Waals surface area contributed by atoms with E-state index < -0.39 is 0 Å². The van der Waals surface area contributed by atoms with Gasteiger partial charge in [0, 0.05) is 23.9 Å². The number of piperidine rings is 1. The molecule has 5 nitrogen and oxygen atoms in total. The number of rotatable bonds is 1. The van der Waals surface area contributed by atoms with Crippen molar-refractivity contribution in [1.29, 1.82) is 0 Å². The molecule has 1 aromatic heterocycles. The normalized spacial score (nSPS) is 25.0. The van der Waals surface area contributed by atoms with Crippen molar-refractivity contribution in [3.63, 3.8) is 0 Å². The monoisotopic (exact) mass is 239 g/mol. The molecular weight excluding hydrogens is 226 g/mol. The Morgan fingerprint density at radius 3 is 3.19 bits per heavy atom. The minimum absolute atomic E-state index is 0.129. The fourth-order valence-corrected chi connectivity index (χ4v) is 2.82. The van der Waals surface area contributed by atoms with Gasteiger partial charge in [-0.1, -0.05) is 0 Å². The number of nitrogen functional groups attached to an aromatic ring is 1. The lowest BCUT2D eigenvalue weighted by atomic mass is 10.1. The topological polar surface area (TPSA) is 67.6 Å². The molecule has 0 radical (unpaired) electrons. The lowest BCUT2D eigenvalue weighted by Gasteiger charge is -2.29. The zero-order valence-corrected chi connectivity index (χ0v) is 9.55. The summed E-state index contributed by atoms with van der Waals surface area (Å²) < 4.78 is 0. The van der Waals surface area contributed by atoms with Crippen LogP contribution in [0.2, 0.25) is 0 Å². The lowest BCUT2D eigenvalue weighted by Crippen LogP contribution is -2.47. The molecular formula is C10H13N3O2S. The molecule has 1 saturated heterocycles. The zero-order chi connectivity index (χ0) is 11.1. The summed E-state index contributed by atoms with van der Waals surface area (Å²) in [4.78, 5) is 16.8. The number of fused-ring (bicyclic) bond motifs is 1. The van der Waals surface area contributed by atoms with Crippen molar-refractivity contribution in [2.45, 2.75) is 25.4 Å². The van der Waals surface area contributed by atoms with Crippen molar-refractivity contribution in [1.82, 2.24) is 10.4 Å². The first-order chi connectivity index (χ1) is 7.74. The molecule has 1 aromatic rings. The van der Waals surface area contributed by atoms with E-state index in [1.165, 1.54) is 11.3 Å². The van der Waals surface area contributed by atoms with Gasteiger partial charge in [0.1, 0.15) is 0 Å². The molecule has 3 rings (SSSR count). The van der Waals surface area contributed by atoms with Crippen LogP contribution in [-0.4, -0.2) is 23.6 Å². The first-order valence-electron chi connectivity index (χ1n) is 5.31. The summed E-state index contributed by atoms with van der Waals surface area (Å²) in [6, 6.07) is 0.259. The summed E-state index contributed by atoms with van der Waals surface area (Å²) >= 11 is 1.51. The van der Waals surface area contributed by atoms with Gasteiger partial charge in [-0.2, -0.15) is 0 Å². The van der Waals surface area contributed by atoms with Crippen LogP contribution >= 0.6 is 11.3 Å². The third-order valence-corrected chi connectivity index (χ3v) is 3.90. The van der Waals surface area contributed by atoms with E-state index in [0.717, 1.165) is 29.3 Å². The molecule has 0 spiro atoms. The van der Waals surface area contributed by atoms with E-state index in [0.29, 0.717) is 13.0 Å². The SMILES string of the molecule is Nc1scc2c1CN([C@@H]1CCC(=O)NC1)O2. The van der Waals surface area contributed by atoms with Gasteiger partial charge in [0.15, 0.2) is 5.75 Å². The highest BCUT2D eigenvalue weighted by molar-refractivity contribution is 7.14. The van der Waals surface area contributed by atoms with Gasteiger partial charge < -0.3 is 15.9 Å². The molecule has 1 fully saturated rings. The van der Waals surface area contributed by atoms with Crippen molar-refractivity contribution >= 4 is 22.2 Å². The van der Waals surface area contributed by atoms with E-state index in [9.17, 15) is 4.79 Å². The molecule has 3 N–H and O–H groups in total. The average molecular weight is 239 g/mol. The highest BCUT2D eigenvalue weighted by Crippen LogP contribution is 2.39. The molecule has 0 bridgehead atoms. The fraction of sp³-hybridized carbons (Fsp3) is 0.500. The van der Waals surface area contributed by atoms with Crippen molar-refractivity contribution in [3.8, 4) is 5.75 Å². The van der Waals surface area contributed by atoms with Crippen LogP contribution in [0.15, 0.2) is 5.38 Å². The smallest absolute Gasteiger partial charge is 0.220 e. The van der Waals surface area contributed by atoms with Crippen LogP contribution < -0.4 is 15.9 Å². The van der Waals surface area contributed by atoms with Crippen molar-refractivity contribution in [3.05, 3.63) is 10.9 Å². The minimum Gasteiger partial charge on any atom is -0.404 e. The van der Waals surface area contributed by atoms with Crippen LogP contribution in [-0.2, 0) is 11.3 Å². The Kier molecular flexibility index (Phi) is 2.26. The number of hydrogen-bond acceptors (Lipinski definition) is 5. The van der Waals surface area contributed by atoms with Gasteiger partial charge in [0.05, 0.1) is 17.6 Å². The maximum absolute atomic E-state index is 11.1. The van der Waals surface area contributed by atoms with E-state index in [-0.39, 0.29) is 11.9 Å². The summed E-state index contributed by atoms with van der Waals surface area (Å²) in [6.45, 7) is 1.39. The molecule has 1 atom stereocenters. The number of hydrogen-bond donors (Lipinski definition) is 2. The number of hydroxylamine groups is 2. The largest absolute Gasteiger partial charge is 0.404 e. The molecule has 86 valence electrons. The van der Waals surface area contributed by atoms with Crippen LogP contribution in [0.25, 0.3) is 0 Å². The van der Waals surface area contributed by atoms with Crippen molar-refractivity contribution in [2.24, 2.45) is 0 Å². The number of carbonyl (C=O) groups is 1. The van der Waals surface area contributed by atoms with Crippen molar-refractivity contribution in [2.75, 3.05) is 12.3 Å². The predicted octanol–water partition coefficient (Wildman–Crippen LogP) is 0.718. The van der Waals surface area contributed by atoms with Crippen LogP contribution in [0, 0.1) is 0 Å². The Morgan fingerprint density at radius 2 is 2.50 bits per heavy atom. The van der Waals surface area contributed by atoms with Crippen LogP contribution in [0.3, 0.4) is 0 Å². The first kappa shape index (κ1) is 9.92. The molecule has 6 heteroatoms. The fourth-order valence-electron chi connectivity index (χ4n) is 2.10. The third kappa shape index (κ3) is 1.54. The van der Waals surface area contributed by atoms with Gasteiger partial charge in [-0.25, -0.2) is 0 Å². The summed E-state index contributed by atoms with van der Waals surface area (Å²) in [7, 11) is 0. The molecule has 2 aliphatic rings. The zero-order valence-electron chi connectivity index (χ0n) is 8.73. The Labute approximate surface area is 97.1 Å². The van der Waals surface area contributed by atoms with Crippen LogP contribution in [0.1, 0.15) is 18.4 Å². The van der Waals surface area contributed by atoms with E-state index in [1.54, 1.807) is 0 Å². The van der Waals surface area contributed by atoms with Crippen LogP contribution in [0.4, 0.5) is 5.00 Å². The van der Waals surface area contributed by atoms with E-state index in [4.69, 9.17) is 10.6 Å². The minimum atomic E-state index is 0.129. The van der Waals surface area contributed by atoms with E-state index in [1.807, 2.05) is 10.4 Å². The Hall–Kier alpha value is -1.27. The molecule has 0 aromatic carbocycles. The van der Waals surface area contributed by atoms with Gasteiger partial charge in [-0.05, 0) is 6.42 Å². The second-order valence-corrected chi connectivity index (χ2v) is 5.02. The number of anilines is 1. The molecule has 0 unspecified atom stereocenters. The van der Waals surface area contributed by atoms with Gasteiger partial charge in [0.25, 0.3) is 0 Å². The van der Waals surface area contributed by atoms with E-state index >= 15 is 0 Å². The Bertz CT molecular complexity index is 422. The number of nitrogens with one attached hydrogen (secondary N) is 1. The number of amides is 1. The summed E-state index contributed by atoms with van der Waals surface area (Å²) in [5.74, 6) is 1.00. The highest BCUT2D eigenvalue weighted by atomic mass is 32.1. The van der Waals surface area contributed by atoms with Gasteiger partial charge in [-0.3, -0.25) is 4.79 Å². The van der Waals surface area contributed by atoms with E-state index in [2.05, 4.69) is 5.32 Å². The second-order valence-electron chi connectivity index (χ2n) is 4.11. The standard InChI is InChI=1S/C10H13N3O2S/c11-10-7-4-13(15-8(7)5-16-10)6-1-2-9(14)12-3-6/h5-6H,1-4,11H2,(H,12,14)/t6-/m1/s1. The lowest BCUT2D eigenvalue weighted by molar-refractivity contribution is -0.128. The number of nitrogens with two attached hydrogens (primary N) is 1. The van der Waals surface area contributed by atoms with Gasteiger partial charge >= 0.3 is 0 Å². The maximum Gasteiger partial charge on any atom is 0.220 e. The molecule has 16 heavy (non-hydrogen) atoms. The summed E-state index contributed by atoms with van der Waals surface area (Å²) in [5.41, 5.74) is 6.93. The van der Waals surface area contributed by atoms with Gasteiger partial charge in [-0.15, -0.1) is 16.4 Å². The quantitative estimate of drug-likeness (QED) is 0.757.